The molecule has 0 aromatic heterocycles. The maximum absolute atomic E-state index is 9.03. The summed E-state index contributed by atoms with van der Waals surface area (Å²) in [6, 6.07) is 15.4. The number of nitrogens with two attached hydrogens (primary N) is 1. The second-order valence-electron chi connectivity index (χ2n) is 3.42. The molecule has 0 spiro atoms. The van der Waals surface area contributed by atoms with Crippen LogP contribution in [0.2, 0.25) is 0 Å². The number of nitrogens with zero attached hydrogens (tertiary/aromatic N) is 1. The molecule has 0 fully saturated rings. The second-order valence-corrected chi connectivity index (χ2v) is 5.45. The van der Waals surface area contributed by atoms with Crippen molar-refractivity contribution >= 4 is 33.4 Å². The first-order chi connectivity index (χ1) is 8.19. The van der Waals surface area contributed by atoms with E-state index in [0.717, 1.165) is 20.0 Å². The third-order valence-corrected chi connectivity index (χ3v) is 3.73. The van der Waals surface area contributed by atoms with Crippen molar-refractivity contribution in [3.8, 4) is 6.07 Å². The van der Waals surface area contributed by atoms with Crippen LogP contribution < -0.4 is 5.73 Å². The molecule has 0 aliphatic heterocycles. The Morgan fingerprint density at radius 3 is 2.47 bits per heavy atom. The summed E-state index contributed by atoms with van der Waals surface area (Å²) in [6.07, 6.45) is 0. The monoisotopic (exact) mass is 304 g/mol. The molecule has 4 heteroatoms. The van der Waals surface area contributed by atoms with Crippen molar-refractivity contribution in [2.75, 3.05) is 5.73 Å². The van der Waals surface area contributed by atoms with Crippen LogP contribution in [0.15, 0.2) is 56.7 Å². The summed E-state index contributed by atoms with van der Waals surface area (Å²) in [5, 5.41) is 9.03. The van der Waals surface area contributed by atoms with Gasteiger partial charge in [0.15, 0.2) is 0 Å². The zero-order valence-electron chi connectivity index (χ0n) is 8.85. The molecular formula is C13H9BrN2S. The Labute approximate surface area is 113 Å². The molecule has 2 N–H and O–H groups in total. The second kappa shape index (κ2) is 5.26. The fraction of sp³-hybridized carbons (Fsp3) is 0. The van der Waals surface area contributed by atoms with Gasteiger partial charge in [-0.1, -0.05) is 27.7 Å². The van der Waals surface area contributed by atoms with Crippen molar-refractivity contribution in [1.29, 1.82) is 5.26 Å². The van der Waals surface area contributed by atoms with E-state index in [1.165, 1.54) is 0 Å². The van der Waals surface area contributed by atoms with E-state index in [1.54, 1.807) is 11.8 Å². The number of anilines is 1. The summed E-state index contributed by atoms with van der Waals surface area (Å²) < 4.78 is 0.967. The Hall–Kier alpha value is -1.44. The Balaban J connectivity index is 2.32. The maximum Gasteiger partial charge on any atom is 0.100 e. The maximum atomic E-state index is 9.03. The van der Waals surface area contributed by atoms with E-state index in [4.69, 9.17) is 11.0 Å². The predicted octanol–water partition coefficient (Wildman–Crippen LogP) is 4.05. The molecule has 0 bridgehead atoms. The Morgan fingerprint density at radius 1 is 1.12 bits per heavy atom. The van der Waals surface area contributed by atoms with E-state index in [1.807, 2.05) is 42.5 Å². The number of nitriles is 1. The van der Waals surface area contributed by atoms with Gasteiger partial charge in [-0.3, -0.25) is 0 Å². The first kappa shape index (κ1) is 12.0. The minimum atomic E-state index is 0.676. The van der Waals surface area contributed by atoms with Crippen LogP contribution in [0.4, 0.5) is 5.69 Å². The van der Waals surface area contributed by atoms with Crippen LogP contribution in [0, 0.1) is 11.3 Å². The first-order valence-electron chi connectivity index (χ1n) is 4.92. The lowest BCUT2D eigenvalue weighted by Crippen LogP contribution is -1.84. The van der Waals surface area contributed by atoms with Crippen LogP contribution in [0.1, 0.15) is 5.56 Å². The SMILES string of the molecule is N#Cc1ccc(Br)cc1Sc1ccc(N)cc1. The molecule has 0 atom stereocenters. The number of benzene rings is 2. The van der Waals surface area contributed by atoms with Crippen molar-refractivity contribution in [2.24, 2.45) is 0 Å². The molecule has 0 saturated heterocycles. The summed E-state index contributed by atoms with van der Waals surface area (Å²) in [5.74, 6) is 0. The van der Waals surface area contributed by atoms with Gasteiger partial charge < -0.3 is 5.73 Å². The van der Waals surface area contributed by atoms with Gasteiger partial charge in [0, 0.05) is 20.0 Å². The first-order valence-corrected chi connectivity index (χ1v) is 6.53. The van der Waals surface area contributed by atoms with Crippen LogP contribution in [-0.2, 0) is 0 Å². The smallest absolute Gasteiger partial charge is 0.100 e. The quantitative estimate of drug-likeness (QED) is 0.851. The largest absolute Gasteiger partial charge is 0.399 e. The van der Waals surface area contributed by atoms with Gasteiger partial charge in [0.05, 0.1) is 5.56 Å². The molecule has 84 valence electrons. The lowest BCUT2D eigenvalue weighted by Gasteiger charge is -2.04. The highest BCUT2D eigenvalue weighted by atomic mass is 79.9. The molecule has 2 aromatic carbocycles. The molecule has 0 unspecified atom stereocenters. The van der Waals surface area contributed by atoms with Crippen molar-refractivity contribution in [2.45, 2.75) is 9.79 Å². The van der Waals surface area contributed by atoms with Crippen LogP contribution in [0.5, 0.6) is 0 Å². The van der Waals surface area contributed by atoms with E-state index in [9.17, 15) is 0 Å². The van der Waals surface area contributed by atoms with Crippen molar-refractivity contribution < 1.29 is 0 Å². The molecule has 0 amide bonds. The van der Waals surface area contributed by atoms with Gasteiger partial charge >= 0.3 is 0 Å². The fourth-order valence-electron chi connectivity index (χ4n) is 1.34. The van der Waals surface area contributed by atoms with Gasteiger partial charge in [0.2, 0.25) is 0 Å². The third kappa shape index (κ3) is 3.02. The molecule has 17 heavy (non-hydrogen) atoms. The average Bonchev–Trinajstić information content (AvgIpc) is 2.32. The zero-order valence-corrected chi connectivity index (χ0v) is 11.3. The van der Waals surface area contributed by atoms with Crippen LogP contribution in [0.3, 0.4) is 0 Å². The molecule has 0 aliphatic rings. The van der Waals surface area contributed by atoms with Crippen LogP contribution >= 0.6 is 27.7 Å². The highest BCUT2D eigenvalue weighted by Gasteiger charge is 2.04. The van der Waals surface area contributed by atoms with E-state index < -0.39 is 0 Å². The standard InChI is InChI=1S/C13H9BrN2S/c14-10-2-1-9(8-15)13(7-10)17-12-5-3-11(16)4-6-12/h1-7H,16H2. The van der Waals surface area contributed by atoms with Crippen molar-refractivity contribution in [3.63, 3.8) is 0 Å². The number of hydrogen-bond donors (Lipinski definition) is 1. The molecule has 0 saturated carbocycles. The molecule has 2 nitrogen and oxygen atoms in total. The number of hydrogen-bond acceptors (Lipinski definition) is 3. The topological polar surface area (TPSA) is 49.8 Å². The van der Waals surface area contributed by atoms with Crippen LogP contribution in [0.25, 0.3) is 0 Å². The summed E-state index contributed by atoms with van der Waals surface area (Å²) in [6.45, 7) is 0. The molecule has 0 aliphatic carbocycles. The number of nitrogen functional groups attached to an aromatic ring is 1. The van der Waals surface area contributed by atoms with Gasteiger partial charge in [-0.05, 0) is 42.5 Å². The van der Waals surface area contributed by atoms with Crippen LogP contribution in [-0.4, -0.2) is 0 Å². The summed E-state index contributed by atoms with van der Waals surface area (Å²) >= 11 is 4.96. The van der Waals surface area contributed by atoms with Gasteiger partial charge in [0.1, 0.15) is 6.07 Å². The van der Waals surface area contributed by atoms with Gasteiger partial charge in [-0.2, -0.15) is 5.26 Å². The Kier molecular flexibility index (Phi) is 3.72. The minimum Gasteiger partial charge on any atom is -0.399 e. The number of rotatable bonds is 2. The van der Waals surface area contributed by atoms with Crippen molar-refractivity contribution in [1.82, 2.24) is 0 Å². The normalized spacial score (nSPS) is 9.88. The van der Waals surface area contributed by atoms with E-state index in [2.05, 4.69) is 22.0 Å². The molecule has 2 rings (SSSR count). The zero-order chi connectivity index (χ0) is 12.3. The summed E-state index contributed by atoms with van der Waals surface area (Å²) in [5.41, 5.74) is 7.05. The van der Waals surface area contributed by atoms with Gasteiger partial charge in [-0.15, -0.1) is 0 Å². The lowest BCUT2D eigenvalue weighted by molar-refractivity contribution is 1.34. The van der Waals surface area contributed by atoms with Gasteiger partial charge in [0.25, 0.3) is 0 Å². The fourth-order valence-corrected chi connectivity index (χ4v) is 2.78. The van der Waals surface area contributed by atoms with E-state index in [-0.39, 0.29) is 0 Å². The summed E-state index contributed by atoms with van der Waals surface area (Å²) in [7, 11) is 0. The minimum absolute atomic E-state index is 0.676. The average molecular weight is 305 g/mol. The third-order valence-electron chi connectivity index (χ3n) is 2.17. The number of halogens is 1. The Morgan fingerprint density at radius 2 is 1.82 bits per heavy atom. The highest BCUT2D eigenvalue weighted by Crippen LogP contribution is 2.32. The van der Waals surface area contributed by atoms with Gasteiger partial charge in [-0.25, -0.2) is 0 Å². The Bertz CT molecular complexity index is 573. The molecule has 0 heterocycles. The predicted molar refractivity (Wildman–Crippen MR) is 73.8 cm³/mol. The van der Waals surface area contributed by atoms with E-state index >= 15 is 0 Å². The molecule has 2 aromatic rings. The lowest BCUT2D eigenvalue weighted by atomic mass is 10.2. The molecular weight excluding hydrogens is 296 g/mol. The summed E-state index contributed by atoms with van der Waals surface area (Å²) in [4.78, 5) is 2.00. The van der Waals surface area contributed by atoms with E-state index in [0.29, 0.717) is 5.56 Å². The highest BCUT2D eigenvalue weighted by molar-refractivity contribution is 9.10. The molecule has 0 radical (unpaired) electrons. The van der Waals surface area contributed by atoms with Crippen molar-refractivity contribution in [3.05, 3.63) is 52.5 Å².